The van der Waals surface area contributed by atoms with Crippen molar-refractivity contribution >= 4 is 20.1 Å². The number of amides is 1. The molecule has 42 heavy (non-hydrogen) atoms. The summed E-state index contributed by atoms with van der Waals surface area (Å²) in [5.41, 5.74) is 6.96. The van der Waals surface area contributed by atoms with Gasteiger partial charge in [0.25, 0.3) is 0 Å². The van der Waals surface area contributed by atoms with Crippen LogP contribution in [0.2, 0.25) is 25.7 Å². The van der Waals surface area contributed by atoms with Gasteiger partial charge in [0.15, 0.2) is 0 Å². The third kappa shape index (κ3) is 7.16. The fourth-order valence-electron chi connectivity index (χ4n) is 5.15. The predicted molar refractivity (Wildman–Crippen MR) is 165 cm³/mol. The normalized spacial score (nSPS) is 13.3. The lowest BCUT2D eigenvalue weighted by atomic mass is 9.98. The second-order valence-corrected chi connectivity index (χ2v) is 17.5. The van der Waals surface area contributed by atoms with Crippen LogP contribution in [0, 0.1) is 0 Å². The van der Waals surface area contributed by atoms with Gasteiger partial charge in [-0.1, -0.05) is 92.4 Å². The number of nitrogens with zero attached hydrogens (tertiary/aromatic N) is 2. The molecule has 0 saturated carbocycles. The minimum absolute atomic E-state index is 0.0980. The van der Waals surface area contributed by atoms with Gasteiger partial charge >= 0.3 is 12.1 Å². The Kier molecular flexibility index (Phi) is 8.89. The zero-order valence-corrected chi connectivity index (χ0v) is 25.2. The molecule has 9 heteroatoms. The second kappa shape index (κ2) is 12.8. The van der Waals surface area contributed by atoms with E-state index in [4.69, 9.17) is 9.47 Å². The number of benzene rings is 3. The van der Waals surface area contributed by atoms with E-state index in [2.05, 4.69) is 42.2 Å². The molecule has 8 nitrogen and oxygen atoms in total. The topological polar surface area (TPSA) is 103 Å². The monoisotopic (exact) mass is 583 g/mol. The van der Waals surface area contributed by atoms with Crippen LogP contribution in [0.5, 0.6) is 0 Å². The Labute approximate surface area is 247 Å². The summed E-state index contributed by atoms with van der Waals surface area (Å²) in [5, 5.41) is 16.9. The van der Waals surface area contributed by atoms with Crippen LogP contribution in [-0.4, -0.2) is 54.3 Å². The highest BCUT2D eigenvalue weighted by atomic mass is 28.3. The van der Waals surface area contributed by atoms with Gasteiger partial charge in [0.05, 0.1) is 5.69 Å². The first-order valence-corrected chi connectivity index (χ1v) is 17.9. The van der Waals surface area contributed by atoms with E-state index in [1.165, 1.54) is 0 Å². The Morgan fingerprint density at radius 2 is 1.60 bits per heavy atom. The number of ether oxygens (including phenoxy) is 2. The molecule has 1 aliphatic carbocycles. The maximum absolute atomic E-state index is 12.7. The summed E-state index contributed by atoms with van der Waals surface area (Å²) < 4.78 is 13.1. The second-order valence-electron chi connectivity index (χ2n) is 11.9. The van der Waals surface area contributed by atoms with Crippen molar-refractivity contribution in [1.29, 1.82) is 0 Å². The maximum Gasteiger partial charge on any atom is 0.407 e. The summed E-state index contributed by atoms with van der Waals surface area (Å²) in [7, 11) is -1.13. The van der Waals surface area contributed by atoms with Crippen LogP contribution in [0.4, 0.5) is 4.79 Å². The lowest BCUT2D eigenvalue weighted by molar-refractivity contribution is -0.139. The first-order chi connectivity index (χ1) is 20.2. The molecule has 1 heterocycles. The van der Waals surface area contributed by atoms with Gasteiger partial charge in [0.2, 0.25) is 0 Å². The molecule has 0 radical (unpaired) electrons. The van der Waals surface area contributed by atoms with Gasteiger partial charge in [-0.3, -0.25) is 0 Å². The molecule has 218 valence electrons. The van der Waals surface area contributed by atoms with Crippen LogP contribution in [0.1, 0.15) is 22.6 Å². The number of hydrogen-bond acceptors (Lipinski definition) is 5. The van der Waals surface area contributed by atoms with Crippen LogP contribution in [0.25, 0.3) is 22.4 Å². The molecule has 1 atom stereocenters. The van der Waals surface area contributed by atoms with Gasteiger partial charge in [-0.2, -0.15) is 5.10 Å². The third-order valence-corrected chi connectivity index (χ3v) is 9.19. The average molecular weight is 584 g/mol. The number of alkyl carbamates (subject to hydrolysis) is 1. The third-order valence-electron chi connectivity index (χ3n) is 7.48. The van der Waals surface area contributed by atoms with Gasteiger partial charge < -0.3 is 19.9 Å². The first-order valence-electron chi connectivity index (χ1n) is 14.2. The van der Waals surface area contributed by atoms with Crippen LogP contribution >= 0.6 is 0 Å². The largest absolute Gasteiger partial charge is 0.480 e. The van der Waals surface area contributed by atoms with Gasteiger partial charge in [-0.15, -0.1) is 0 Å². The quantitative estimate of drug-likeness (QED) is 0.148. The van der Waals surface area contributed by atoms with E-state index in [-0.39, 0.29) is 18.9 Å². The maximum atomic E-state index is 12.7. The number of nitrogens with one attached hydrogen (secondary N) is 1. The number of carbonyl (C=O) groups excluding carboxylic acids is 1. The van der Waals surface area contributed by atoms with Crippen LogP contribution in [0.3, 0.4) is 0 Å². The van der Waals surface area contributed by atoms with E-state index in [1.54, 1.807) is 4.68 Å². The molecule has 1 amide bonds. The van der Waals surface area contributed by atoms with Crippen molar-refractivity contribution in [1.82, 2.24) is 15.1 Å². The summed E-state index contributed by atoms with van der Waals surface area (Å²) in [6, 6.07) is 25.6. The van der Waals surface area contributed by atoms with E-state index in [0.29, 0.717) is 6.73 Å². The van der Waals surface area contributed by atoms with Crippen molar-refractivity contribution in [3.05, 3.63) is 102 Å². The molecule has 1 aromatic heterocycles. The molecule has 3 aromatic carbocycles. The van der Waals surface area contributed by atoms with Gasteiger partial charge in [0.1, 0.15) is 19.4 Å². The molecule has 0 fully saturated rings. The Balaban J connectivity index is 1.15. The van der Waals surface area contributed by atoms with Crippen molar-refractivity contribution < 1.29 is 24.2 Å². The molecular formula is C33H37N3O5Si. The summed E-state index contributed by atoms with van der Waals surface area (Å²) in [6.45, 7) is 8.22. The Hall–Kier alpha value is -4.21. The number of carboxylic acids is 1. The molecule has 0 unspecified atom stereocenters. The molecular weight excluding hydrogens is 546 g/mol. The van der Waals surface area contributed by atoms with E-state index >= 15 is 0 Å². The smallest absolute Gasteiger partial charge is 0.407 e. The number of carbonyl (C=O) groups is 2. The molecule has 1 aliphatic rings. The van der Waals surface area contributed by atoms with E-state index in [9.17, 15) is 14.7 Å². The van der Waals surface area contributed by atoms with E-state index in [0.717, 1.165) is 51.7 Å². The predicted octanol–water partition coefficient (Wildman–Crippen LogP) is 6.40. The lowest BCUT2D eigenvalue weighted by Crippen LogP contribution is -2.42. The van der Waals surface area contributed by atoms with Crippen molar-refractivity contribution in [3.8, 4) is 22.4 Å². The average Bonchev–Trinajstić information content (AvgIpc) is 3.57. The summed E-state index contributed by atoms with van der Waals surface area (Å²) in [4.78, 5) is 24.7. The summed E-state index contributed by atoms with van der Waals surface area (Å²) >= 11 is 0. The van der Waals surface area contributed by atoms with Crippen LogP contribution < -0.4 is 5.32 Å². The Morgan fingerprint density at radius 3 is 2.21 bits per heavy atom. The van der Waals surface area contributed by atoms with Crippen molar-refractivity contribution in [2.75, 3.05) is 13.2 Å². The number of hydrogen-bond donors (Lipinski definition) is 2. The number of fused-ring (bicyclic) bond motifs is 3. The summed E-state index contributed by atoms with van der Waals surface area (Å²) in [6.07, 6.45) is 1.26. The molecule has 0 aliphatic heterocycles. The van der Waals surface area contributed by atoms with E-state index in [1.807, 2.05) is 72.9 Å². The molecule has 0 spiro atoms. The SMILES string of the molecule is C[Si](C)(C)CCOCn1ccc(-c2ccc(C[C@H](NC(=O)OCC3c4ccccc4-c4ccccc43)C(=O)O)cc2)n1. The molecule has 0 bridgehead atoms. The molecule has 2 N–H and O–H groups in total. The zero-order valence-electron chi connectivity index (χ0n) is 24.2. The van der Waals surface area contributed by atoms with Gasteiger partial charge in [-0.05, 0) is 39.9 Å². The van der Waals surface area contributed by atoms with Gasteiger partial charge in [0, 0.05) is 38.8 Å². The van der Waals surface area contributed by atoms with Crippen molar-refractivity contribution in [2.45, 2.75) is 50.8 Å². The van der Waals surface area contributed by atoms with Crippen molar-refractivity contribution in [3.63, 3.8) is 0 Å². The fourth-order valence-corrected chi connectivity index (χ4v) is 5.91. The fraction of sp³-hybridized carbons (Fsp3) is 0.303. The minimum Gasteiger partial charge on any atom is -0.480 e. The zero-order chi connectivity index (χ0) is 29.7. The highest BCUT2D eigenvalue weighted by Gasteiger charge is 2.30. The minimum atomic E-state index is -1.13. The Morgan fingerprint density at radius 1 is 0.952 bits per heavy atom. The van der Waals surface area contributed by atoms with E-state index < -0.39 is 26.2 Å². The Bertz CT molecular complexity index is 1500. The first kappa shape index (κ1) is 29.3. The highest BCUT2D eigenvalue weighted by molar-refractivity contribution is 6.76. The lowest BCUT2D eigenvalue weighted by Gasteiger charge is -2.17. The molecule has 4 aromatic rings. The number of carboxylic acid groups (broad SMARTS) is 1. The van der Waals surface area contributed by atoms with Crippen LogP contribution in [-0.2, 0) is 27.4 Å². The summed E-state index contributed by atoms with van der Waals surface area (Å²) in [5.74, 6) is -1.22. The molecule has 0 saturated heterocycles. The van der Waals surface area contributed by atoms with Crippen molar-refractivity contribution in [2.24, 2.45) is 0 Å². The van der Waals surface area contributed by atoms with Crippen LogP contribution in [0.15, 0.2) is 85.1 Å². The van der Waals surface area contributed by atoms with Gasteiger partial charge in [-0.25, -0.2) is 14.3 Å². The number of rotatable bonds is 12. The molecule has 5 rings (SSSR count). The standard InChI is InChI=1S/C33H37N3O5Si/c1-42(2,3)19-18-40-22-36-17-16-30(35-36)24-14-12-23(13-15-24)20-31(32(37)38)34-33(39)41-21-29-27-10-6-4-8-25(27)26-9-5-7-11-28(26)29/h4-17,29,31H,18-22H2,1-3H3,(H,34,39)(H,37,38)/t31-/m0/s1. The number of aromatic nitrogens is 2. The highest BCUT2D eigenvalue weighted by Crippen LogP contribution is 2.44. The number of aliphatic carboxylic acids is 1.